The van der Waals surface area contributed by atoms with Gasteiger partial charge >= 0.3 is 5.97 Å². The number of para-hydroxylation sites is 3. The molecule has 0 aromatic heterocycles. The summed E-state index contributed by atoms with van der Waals surface area (Å²) in [5.41, 5.74) is 0.582. The number of fused-ring (bicyclic) bond motifs is 1. The minimum Gasteiger partial charge on any atom is -0.479 e. The van der Waals surface area contributed by atoms with Crippen LogP contribution in [0, 0.1) is 5.82 Å². The molecule has 2 aromatic carbocycles. The smallest absolute Gasteiger partial charge is 0.308 e. The molecule has 8 heteroatoms. The second kappa shape index (κ2) is 8.72. The van der Waals surface area contributed by atoms with Gasteiger partial charge in [0.05, 0.1) is 17.8 Å². The third-order valence-corrected chi connectivity index (χ3v) is 4.42. The normalized spacial score (nSPS) is 16.4. The highest BCUT2D eigenvalue weighted by molar-refractivity contribution is 6.00. The highest BCUT2D eigenvalue weighted by Crippen LogP contribution is 2.33. The molecule has 1 N–H and O–H groups in total. The quantitative estimate of drug-likeness (QED) is 0.754. The molecule has 0 radical (unpaired) electrons. The van der Waals surface area contributed by atoms with E-state index in [-0.39, 0.29) is 24.6 Å². The van der Waals surface area contributed by atoms with Crippen molar-refractivity contribution in [1.82, 2.24) is 0 Å². The molecule has 0 fully saturated rings. The number of halogens is 1. The van der Waals surface area contributed by atoms with E-state index in [1.807, 2.05) is 0 Å². The fourth-order valence-electron chi connectivity index (χ4n) is 2.90. The molecule has 2 unspecified atom stereocenters. The molecule has 29 heavy (non-hydrogen) atoms. The first-order chi connectivity index (χ1) is 13.9. The molecule has 7 nitrogen and oxygen atoms in total. The number of anilines is 2. The molecule has 1 aliphatic rings. The summed E-state index contributed by atoms with van der Waals surface area (Å²) in [5, 5.41) is 2.37. The predicted octanol–water partition coefficient (Wildman–Crippen LogP) is 2.90. The van der Waals surface area contributed by atoms with Crippen molar-refractivity contribution in [2.75, 3.05) is 16.8 Å². The van der Waals surface area contributed by atoms with Gasteiger partial charge in [0, 0.05) is 6.54 Å². The Morgan fingerprint density at radius 2 is 1.90 bits per heavy atom. The Morgan fingerprint density at radius 1 is 1.21 bits per heavy atom. The summed E-state index contributed by atoms with van der Waals surface area (Å²) in [5.74, 6) is -1.58. The number of rotatable bonds is 6. The van der Waals surface area contributed by atoms with E-state index in [9.17, 15) is 18.8 Å². The number of benzene rings is 2. The van der Waals surface area contributed by atoms with Crippen molar-refractivity contribution >= 4 is 29.2 Å². The zero-order valence-corrected chi connectivity index (χ0v) is 16.1. The van der Waals surface area contributed by atoms with Crippen LogP contribution in [0.2, 0.25) is 0 Å². The third-order valence-electron chi connectivity index (χ3n) is 4.42. The van der Waals surface area contributed by atoms with Crippen LogP contribution in [0.5, 0.6) is 5.75 Å². The van der Waals surface area contributed by atoms with Gasteiger partial charge in [0.1, 0.15) is 11.6 Å². The van der Waals surface area contributed by atoms with Crippen molar-refractivity contribution in [3.05, 3.63) is 54.3 Å². The summed E-state index contributed by atoms with van der Waals surface area (Å²) in [6.07, 6.45) is -1.88. The topological polar surface area (TPSA) is 84.9 Å². The number of nitrogens with one attached hydrogen (secondary N) is 1. The van der Waals surface area contributed by atoms with Crippen molar-refractivity contribution in [3.63, 3.8) is 0 Å². The molecule has 0 saturated carbocycles. The number of carbonyl (C=O) groups is 3. The molecule has 152 valence electrons. The van der Waals surface area contributed by atoms with E-state index in [1.165, 1.54) is 30.0 Å². The van der Waals surface area contributed by atoms with Crippen LogP contribution in [0.25, 0.3) is 0 Å². The Hall–Kier alpha value is -3.42. The van der Waals surface area contributed by atoms with Gasteiger partial charge in [0.15, 0.2) is 12.2 Å². The van der Waals surface area contributed by atoms with E-state index in [2.05, 4.69) is 5.32 Å². The number of hydrogen-bond acceptors (Lipinski definition) is 5. The zero-order valence-electron chi connectivity index (χ0n) is 16.1. The minimum absolute atomic E-state index is 0.00454. The van der Waals surface area contributed by atoms with Crippen LogP contribution in [-0.2, 0) is 19.1 Å². The largest absolute Gasteiger partial charge is 0.479 e. The van der Waals surface area contributed by atoms with Crippen molar-refractivity contribution in [2.45, 2.75) is 32.5 Å². The average molecular weight is 400 g/mol. The van der Waals surface area contributed by atoms with Crippen molar-refractivity contribution in [3.8, 4) is 5.75 Å². The Morgan fingerprint density at radius 3 is 2.66 bits per heavy atom. The van der Waals surface area contributed by atoms with E-state index in [1.54, 1.807) is 37.3 Å². The lowest BCUT2D eigenvalue weighted by atomic mass is 10.2. The highest BCUT2D eigenvalue weighted by Gasteiger charge is 2.31. The summed E-state index contributed by atoms with van der Waals surface area (Å²) >= 11 is 0. The molecular weight excluding hydrogens is 379 g/mol. The Bertz CT molecular complexity index is 933. The van der Waals surface area contributed by atoms with E-state index in [0.717, 1.165) is 0 Å². The van der Waals surface area contributed by atoms with Gasteiger partial charge in [-0.1, -0.05) is 24.3 Å². The lowest BCUT2D eigenvalue weighted by Gasteiger charge is -2.32. The van der Waals surface area contributed by atoms with Crippen LogP contribution in [-0.4, -0.2) is 36.5 Å². The third kappa shape index (κ3) is 4.71. The van der Waals surface area contributed by atoms with Gasteiger partial charge in [-0.3, -0.25) is 14.4 Å². The first-order valence-electron chi connectivity index (χ1n) is 9.18. The molecule has 2 atom stereocenters. The molecule has 0 aliphatic carbocycles. The Balaban J connectivity index is 1.56. The minimum atomic E-state index is -1.12. The van der Waals surface area contributed by atoms with Crippen LogP contribution < -0.4 is 15.0 Å². The number of carbonyl (C=O) groups excluding carboxylic acids is 3. The Labute approximate surface area is 167 Å². The fourth-order valence-corrected chi connectivity index (χ4v) is 2.90. The van der Waals surface area contributed by atoms with E-state index in [4.69, 9.17) is 9.47 Å². The first-order valence-corrected chi connectivity index (χ1v) is 9.18. The lowest BCUT2D eigenvalue weighted by Crippen LogP contribution is -2.45. The number of hydrogen-bond donors (Lipinski definition) is 1. The monoisotopic (exact) mass is 400 g/mol. The first kappa shape index (κ1) is 20.3. The van der Waals surface area contributed by atoms with Crippen LogP contribution in [0.3, 0.4) is 0 Å². The number of ether oxygens (including phenoxy) is 2. The van der Waals surface area contributed by atoms with Gasteiger partial charge in [-0.25, -0.2) is 4.39 Å². The summed E-state index contributed by atoms with van der Waals surface area (Å²) in [6, 6.07) is 12.7. The summed E-state index contributed by atoms with van der Waals surface area (Å²) in [4.78, 5) is 38.2. The maximum absolute atomic E-state index is 13.6. The summed E-state index contributed by atoms with van der Waals surface area (Å²) < 4.78 is 24.3. The van der Waals surface area contributed by atoms with Gasteiger partial charge in [-0.15, -0.1) is 0 Å². The van der Waals surface area contributed by atoms with E-state index >= 15 is 0 Å². The molecule has 0 saturated heterocycles. The molecule has 1 heterocycles. The molecule has 1 aliphatic heterocycles. The molecule has 2 amide bonds. The van der Waals surface area contributed by atoms with Crippen molar-refractivity contribution < 1.29 is 28.2 Å². The second-order valence-electron chi connectivity index (χ2n) is 6.57. The predicted molar refractivity (Wildman–Crippen MR) is 104 cm³/mol. The van der Waals surface area contributed by atoms with Gasteiger partial charge in [0.25, 0.3) is 11.8 Å². The number of amides is 2. The molecule has 0 spiro atoms. The van der Waals surface area contributed by atoms with Crippen LogP contribution >= 0.6 is 0 Å². The number of esters is 1. The maximum Gasteiger partial charge on any atom is 0.308 e. The SMILES string of the molecule is CC(OC(=O)CCN1C(=O)C(C)Oc2ccccc21)C(=O)Nc1ccccc1F. The summed E-state index contributed by atoms with van der Waals surface area (Å²) in [7, 11) is 0. The van der Waals surface area contributed by atoms with Gasteiger partial charge in [-0.2, -0.15) is 0 Å². The average Bonchev–Trinajstić information content (AvgIpc) is 2.70. The molecule has 2 aromatic rings. The van der Waals surface area contributed by atoms with Crippen molar-refractivity contribution in [2.24, 2.45) is 0 Å². The summed E-state index contributed by atoms with van der Waals surface area (Å²) in [6.45, 7) is 3.12. The zero-order chi connectivity index (χ0) is 21.0. The van der Waals surface area contributed by atoms with Crippen molar-refractivity contribution in [1.29, 1.82) is 0 Å². The lowest BCUT2D eigenvalue weighted by molar-refractivity contribution is -0.153. The molecular formula is C21H21FN2O5. The molecule has 3 rings (SSSR count). The maximum atomic E-state index is 13.6. The van der Waals surface area contributed by atoms with Gasteiger partial charge in [-0.05, 0) is 38.1 Å². The van der Waals surface area contributed by atoms with Crippen LogP contribution in [0.4, 0.5) is 15.8 Å². The standard InChI is InChI=1S/C21H21FN2O5/c1-13(20(26)23-16-8-4-3-7-15(16)22)29-19(25)11-12-24-17-9-5-6-10-18(17)28-14(2)21(24)27/h3-10,13-14H,11-12H2,1-2H3,(H,23,26). The number of nitrogens with zero attached hydrogens (tertiary/aromatic N) is 1. The van der Waals surface area contributed by atoms with Crippen LogP contribution in [0.15, 0.2) is 48.5 Å². The highest BCUT2D eigenvalue weighted by atomic mass is 19.1. The second-order valence-corrected chi connectivity index (χ2v) is 6.57. The van der Waals surface area contributed by atoms with E-state index < -0.39 is 29.9 Å². The van der Waals surface area contributed by atoms with Gasteiger partial charge in [0.2, 0.25) is 0 Å². The van der Waals surface area contributed by atoms with E-state index in [0.29, 0.717) is 11.4 Å². The molecule has 0 bridgehead atoms. The van der Waals surface area contributed by atoms with Crippen LogP contribution in [0.1, 0.15) is 20.3 Å². The van der Waals surface area contributed by atoms with Gasteiger partial charge < -0.3 is 19.7 Å². The fraction of sp³-hybridized carbons (Fsp3) is 0.286. The Kier molecular flexibility index (Phi) is 6.11.